The SMILES string of the molecule is Cc1cccc(S(=O)(=O)C2=NNC(C(F)F)C2)c1. The molecule has 1 aromatic carbocycles. The van der Waals surface area contributed by atoms with Gasteiger partial charge in [0.15, 0.2) is 5.04 Å². The molecule has 1 aromatic rings. The van der Waals surface area contributed by atoms with Gasteiger partial charge in [0.25, 0.3) is 6.43 Å². The Morgan fingerprint density at radius 2 is 2.17 bits per heavy atom. The zero-order valence-corrected chi connectivity index (χ0v) is 10.4. The second-order valence-electron chi connectivity index (χ2n) is 4.10. The Morgan fingerprint density at radius 3 is 2.72 bits per heavy atom. The van der Waals surface area contributed by atoms with Crippen LogP contribution in [0.4, 0.5) is 8.78 Å². The van der Waals surface area contributed by atoms with Crippen LogP contribution < -0.4 is 5.43 Å². The Kier molecular flexibility index (Phi) is 3.34. The molecule has 2 rings (SSSR count). The first-order valence-corrected chi connectivity index (χ1v) is 6.81. The van der Waals surface area contributed by atoms with Gasteiger partial charge in [-0.25, -0.2) is 17.2 Å². The average Bonchev–Trinajstić information content (AvgIpc) is 2.79. The maximum Gasteiger partial charge on any atom is 0.260 e. The van der Waals surface area contributed by atoms with E-state index in [4.69, 9.17) is 0 Å². The number of sulfone groups is 1. The van der Waals surface area contributed by atoms with Crippen molar-refractivity contribution < 1.29 is 17.2 Å². The van der Waals surface area contributed by atoms with Crippen molar-refractivity contribution >= 4 is 14.9 Å². The number of hydrogen-bond donors (Lipinski definition) is 1. The minimum atomic E-state index is -3.77. The standard InChI is InChI=1S/C11H12F2N2O2S/c1-7-3-2-4-8(5-7)18(16,17)10-6-9(11(12)13)14-15-10/h2-5,9,11,14H,6H2,1H3. The first kappa shape index (κ1) is 12.9. The number of alkyl halides is 2. The molecule has 0 saturated heterocycles. The molecule has 0 spiro atoms. The number of benzene rings is 1. The van der Waals surface area contributed by atoms with Gasteiger partial charge in [-0.1, -0.05) is 12.1 Å². The third kappa shape index (κ3) is 2.35. The lowest BCUT2D eigenvalue weighted by Crippen LogP contribution is -2.28. The third-order valence-electron chi connectivity index (χ3n) is 2.66. The summed E-state index contributed by atoms with van der Waals surface area (Å²) >= 11 is 0. The molecule has 1 atom stereocenters. The predicted octanol–water partition coefficient (Wildman–Crippen LogP) is 1.71. The van der Waals surface area contributed by atoms with Gasteiger partial charge < -0.3 is 0 Å². The van der Waals surface area contributed by atoms with E-state index in [0.29, 0.717) is 0 Å². The quantitative estimate of drug-likeness (QED) is 0.893. The molecule has 0 amide bonds. The number of hydrogen-bond acceptors (Lipinski definition) is 4. The summed E-state index contributed by atoms with van der Waals surface area (Å²) in [6, 6.07) is 5.07. The number of rotatable bonds is 2. The Morgan fingerprint density at radius 1 is 1.44 bits per heavy atom. The fraction of sp³-hybridized carbons (Fsp3) is 0.364. The van der Waals surface area contributed by atoms with Crippen molar-refractivity contribution in [2.45, 2.75) is 30.7 Å². The van der Waals surface area contributed by atoms with Crippen LogP contribution in [0.5, 0.6) is 0 Å². The maximum absolute atomic E-state index is 12.4. The molecule has 1 heterocycles. The molecule has 18 heavy (non-hydrogen) atoms. The van der Waals surface area contributed by atoms with Gasteiger partial charge in [-0.3, -0.25) is 5.43 Å². The Bertz CT molecular complexity index is 584. The van der Waals surface area contributed by atoms with E-state index in [1.807, 2.05) is 0 Å². The first-order valence-electron chi connectivity index (χ1n) is 5.33. The molecule has 0 bridgehead atoms. The first-order chi connectivity index (χ1) is 8.41. The highest BCUT2D eigenvalue weighted by Gasteiger charge is 2.34. The lowest BCUT2D eigenvalue weighted by Gasteiger charge is -2.07. The monoisotopic (exact) mass is 274 g/mol. The van der Waals surface area contributed by atoms with E-state index in [0.717, 1.165) is 5.56 Å². The molecule has 7 heteroatoms. The van der Waals surface area contributed by atoms with E-state index >= 15 is 0 Å². The molecule has 0 aromatic heterocycles. The van der Waals surface area contributed by atoms with Crippen molar-refractivity contribution in [2.24, 2.45) is 5.10 Å². The van der Waals surface area contributed by atoms with Crippen molar-refractivity contribution in [1.82, 2.24) is 5.43 Å². The molecule has 0 fully saturated rings. The average molecular weight is 274 g/mol. The van der Waals surface area contributed by atoms with Crippen LogP contribution in [0.1, 0.15) is 12.0 Å². The summed E-state index contributed by atoms with van der Waals surface area (Å²) in [4.78, 5) is 0.0815. The Labute approximate surface area is 104 Å². The van der Waals surface area contributed by atoms with Gasteiger partial charge in [0.05, 0.1) is 4.90 Å². The lowest BCUT2D eigenvalue weighted by molar-refractivity contribution is 0.106. The second-order valence-corrected chi connectivity index (χ2v) is 6.05. The number of nitrogens with zero attached hydrogens (tertiary/aromatic N) is 1. The predicted molar refractivity (Wildman–Crippen MR) is 63.3 cm³/mol. The minimum absolute atomic E-state index is 0.0815. The van der Waals surface area contributed by atoms with Gasteiger partial charge in [0.2, 0.25) is 9.84 Å². The summed E-state index contributed by atoms with van der Waals surface area (Å²) in [6.45, 7) is 1.76. The molecule has 1 aliphatic rings. The molecule has 98 valence electrons. The topological polar surface area (TPSA) is 58.5 Å². The maximum atomic E-state index is 12.4. The lowest BCUT2D eigenvalue weighted by atomic mass is 10.2. The normalized spacial score (nSPS) is 19.8. The molecule has 0 aliphatic carbocycles. The number of aryl methyl sites for hydroxylation is 1. The Hall–Kier alpha value is -1.50. The number of nitrogens with one attached hydrogen (secondary N) is 1. The summed E-state index contributed by atoms with van der Waals surface area (Å²) in [5.74, 6) is 0. The van der Waals surface area contributed by atoms with Crippen molar-refractivity contribution in [3.63, 3.8) is 0 Å². The van der Waals surface area contributed by atoms with Crippen molar-refractivity contribution in [3.8, 4) is 0 Å². The smallest absolute Gasteiger partial charge is 0.260 e. The van der Waals surface area contributed by atoms with Crippen LogP contribution in [0.2, 0.25) is 0 Å². The van der Waals surface area contributed by atoms with Gasteiger partial charge in [0.1, 0.15) is 6.04 Å². The highest BCUT2D eigenvalue weighted by Crippen LogP contribution is 2.21. The second kappa shape index (κ2) is 4.64. The molecular formula is C11H12F2N2O2S. The molecular weight excluding hydrogens is 262 g/mol. The third-order valence-corrected chi connectivity index (χ3v) is 4.42. The molecule has 0 radical (unpaired) electrons. The van der Waals surface area contributed by atoms with E-state index < -0.39 is 22.3 Å². The van der Waals surface area contributed by atoms with Crippen molar-refractivity contribution in [3.05, 3.63) is 29.8 Å². The van der Waals surface area contributed by atoms with Gasteiger partial charge in [0, 0.05) is 6.42 Å². The summed E-state index contributed by atoms with van der Waals surface area (Å²) in [6.07, 6.45) is -2.92. The molecule has 1 N–H and O–H groups in total. The zero-order chi connectivity index (χ0) is 13.3. The van der Waals surface area contributed by atoms with Crippen LogP contribution in [-0.4, -0.2) is 25.9 Å². The fourth-order valence-electron chi connectivity index (χ4n) is 1.67. The van der Waals surface area contributed by atoms with E-state index in [1.54, 1.807) is 19.1 Å². The summed E-state index contributed by atoms with van der Waals surface area (Å²) in [5, 5.41) is 3.28. The van der Waals surface area contributed by atoms with Gasteiger partial charge >= 0.3 is 0 Å². The van der Waals surface area contributed by atoms with Crippen molar-refractivity contribution in [1.29, 1.82) is 0 Å². The highest BCUT2D eigenvalue weighted by molar-refractivity contribution is 8.06. The summed E-state index contributed by atoms with van der Waals surface area (Å²) in [5.41, 5.74) is 2.94. The number of halogens is 2. The van der Waals surface area contributed by atoms with E-state index in [2.05, 4.69) is 10.5 Å². The van der Waals surface area contributed by atoms with Crippen molar-refractivity contribution in [2.75, 3.05) is 0 Å². The van der Waals surface area contributed by atoms with E-state index in [1.165, 1.54) is 12.1 Å². The minimum Gasteiger partial charge on any atom is -0.300 e. The van der Waals surface area contributed by atoms with Gasteiger partial charge in [-0.15, -0.1) is 0 Å². The fourth-order valence-corrected chi connectivity index (χ4v) is 3.11. The zero-order valence-electron chi connectivity index (χ0n) is 9.60. The van der Waals surface area contributed by atoms with Gasteiger partial charge in [-0.2, -0.15) is 5.10 Å². The van der Waals surface area contributed by atoms with Crippen LogP contribution >= 0.6 is 0 Å². The van der Waals surface area contributed by atoms with Crippen LogP contribution in [0, 0.1) is 6.92 Å². The molecule has 1 aliphatic heterocycles. The van der Waals surface area contributed by atoms with Crippen LogP contribution in [0.3, 0.4) is 0 Å². The Balaban J connectivity index is 2.29. The van der Waals surface area contributed by atoms with Crippen LogP contribution in [0.15, 0.2) is 34.3 Å². The number of hydrazone groups is 1. The largest absolute Gasteiger partial charge is 0.300 e. The summed E-state index contributed by atoms with van der Waals surface area (Å²) < 4.78 is 49.2. The molecule has 0 saturated carbocycles. The highest BCUT2D eigenvalue weighted by atomic mass is 32.2. The van der Waals surface area contributed by atoms with Gasteiger partial charge in [-0.05, 0) is 24.6 Å². The van der Waals surface area contributed by atoms with E-state index in [9.17, 15) is 17.2 Å². The molecule has 4 nitrogen and oxygen atoms in total. The van der Waals surface area contributed by atoms with Crippen LogP contribution in [-0.2, 0) is 9.84 Å². The van der Waals surface area contributed by atoms with Crippen LogP contribution in [0.25, 0.3) is 0 Å². The van der Waals surface area contributed by atoms with E-state index in [-0.39, 0.29) is 16.4 Å². The summed E-state index contributed by atoms with van der Waals surface area (Å²) in [7, 11) is -3.77. The molecule has 1 unspecified atom stereocenters.